The van der Waals surface area contributed by atoms with Gasteiger partial charge >= 0.3 is 0 Å². The SMILES string of the molecule is Nc1c(Cl)cc(O)cc1C=Nc1ccc(Br)cc1. The standard InChI is InChI=1S/C13H10BrClN2O/c14-9-1-3-10(4-2-9)17-7-8-5-11(18)6-12(15)13(8)16/h1-7,18H,16H2. The third-order valence-electron chi connectivity index (χ3n) is 2.33. The van der Waals surface area contributed by atoms with E-state index >= 15 is 0 Å². The number of phenolic OH excluding ortho intramolecular Hbond substituents is 1. The Morgan fingerprint density at radius 1 is 1.22 bits per heavy atom. The van der Waals surface area contributed by atoms with Crippen LogP contribution in [-0.4, -0.2) is 11.3 Å². The van der Waals surface area contributed by atoms with Crippen LogP contribution in [0.15, 0.2) is 45.9 Å². The van der Waals surface area contributed by atoms with E-state index in [1.54, 1.807) is 6.21 Å². The molecule has 92 valence electrons. The van der Waals surface area contributed by atoms with Crippen LogP contribution in [0.4, 0.5) is 11.4 Å². The largest absolute Gasteiger partial charge is 0.508 e. The van der Waals surface area contributed by atoms with Gasteiger partial charge in [0.2, 0.25) is 0 Å². The maximum Gasteiger partial charge on any atom is 0.117 e. The van der Waals surface area contributed by atoms with Crippen molar-refractivity contribution < 1.29 is 5.11 Å². The van der Waals surface area contributed by atoms with Crippen LogP contribution in [0.25, 0.3) is 0 Å². The number of hydrogen-bond donors (Lipinski definition) is 2. The first-order chi connectivity index (χ1) is 8.56. The van der Waals surface area contributed by atoms with E-state index in [9.17, 15) is 5.11 Å². The summed E-state index contributed by atoms with van der Waals surface area (Å²) in [6.45, 7) is 0. The van der Waals surface area contributed by atoms with Crippen LogP contribution < -0.4 is 5.73 Å². The minimum absolute atomic E-state index is 0.0615. The predicted molar refractivity (Wildman–Crippen MR) is 78.9 cm³/mol. The number of halogens is 2. The summed E-state index contributed by atoms with van der Waals surface area (Å²) in [5.41, 5.74) is 7.57. The van der Waals surface area contributed by atoms with E-state index in [2.05, 4.69) is 20.9 Å². The molecule has 0 heterocycles. The quantitative estimate of drug-likeness (QED) is 0.495. The number of aliphatic imine (C=N–C) groups is 1. The van der Waals surface area contributed by atoms with E-state index in [-0.39, 0.29) is 5.75 Å². The van der Waals surface area contributed by atoms with Crippen molar-refractivity contribution in [2.45, 2.75) is 0 Å². The molecule has 0 saturated carbocycles. The fourth-order valence-corrected chi connectivity index (χ4v) is 1.89. The van der Waals surface area contributed by atoms with Crippen LogP contribution in [0.1, 0.15) is 5.56 Å². The van der Waals surface area contributed by atoms with E-state index in [4.69, 9.17) is 17.3 Å². The lowest BCUT2D eigenvalue weighted by Gasteiger charge is -2.03. The number of hydrogen-bond acceptors (Lipinski definition) is 3. The second-order valence-corrected chi connectivity index (χ2v) is 4.99. The third kappa shape index (κ3) is 3.03. The molecule has 3 nitrogen and oxygen atoms in total. The van der Waals surface area contributed by atoms with Gasteiger partial charge in [0.25, 0.3) is 0 Å². The minimum atomic E-state index is 0.0615. The first-order valence-corrected chi connectivity index (χ1v) is 6.31. The Morgan fingerprint density at radius 2 is 1.89 bits per heavy atom. The summed E-state index contributed by atoms with van der Waals surface area (Å²) in [5, 5.41) is 9.76. The van der Waals surface area contributed by atoms with Gasteiger partial charge in [-0.1, -0.05) is 27.5 Å². The number of nitrogens with two attached hydrogens (primary N) is 1. The van der Waals surface area contributed by atoms with Gasteiger partial charge in [-0.2, -0.15) is 0 Å². The first-order valence-electron chi connectivity index (χ1n) is 5.14. The van der Waals surface area contributed by atoms with Gasteiger partial charge in [0.05, 0.1) is 16.4 Å². The molecule has 0 atom stereocenters. The number of anilines is 1. The van der Waals surface area contributed by atoms with Crippen molar-refractivity contribution in [1.82, 2.24) is 0 Å². The second-order valence-electron chi connectivity index (χ2n) is 3.67. The first kappa shape index (κ1) is 12.9. The Labute approximate surface area is 118 Å². The molecule has 0 amide bonds. The fraction of sp³-hybridized carbons (Fsp3) is 0. The van der Waals surface area contributed by atoms with Crippen LogP contribution >= 0.6 is 27.5 Å². The Bertz CT molecular complexity index is 597. The van der Waals surface area contributed by atoms with Crippen molar-refractivity contribution in [2.24, 2.45) is 4.99 Å². The summed E-state index contributed by atoms with van der Waals surface area (Å²) in [7, 11) is 0. The molecule has 2 aromatic rings. The summed E-state index contributed by atoms with van der Waals surface area (Å²) in [4.78, 5) is 4.27. The fourth-order valence-electron chi connectivity index (χ4n) is 1.40. The summed E-state index contributed by atoms with van der Waals surface area (Å²) in [6, 6.07) is 10.4. The topological polar surface area (TPSA) is 58.6 Å². The summed E-state index contributed by atoms with van der Waals surface area (Å²) in [5.74, 6) is 0.0615. The number of benzene rings is 2. The van der Waals surface area contributed by atoms with Crippen LogP contribution in [0.2, 0.25) is 5.02 Å². The van der Waals surface area contributed by atoms with Crippen molar-refractivity contribution in [2.75, 3.05) is 5.73 Å². The highest BCUT2D eigenvalue weighted by Crippen LogP contribution is 2.27. The Kier molecular flexibility index (Phi) is 3.89. The number of nitrogens with zero attached hydrogens (tertiary/aromatic N) is 1. The van der Waals surface area contributed by atoms with Gasteiger partial charge in [0.15, 0.2) is 0 Å². The molecule has 18 heavy (non-hydrogen) atoms. The van der Waals surface area contributed by atoms with Gasteiger partial charge in [-0.15, -0.1) is 0 Å². The lowest BCUT2D eigenvalue weighted by molar-refractivity contribution is 0.475. The molecule has 5 heteroatoms. The normalized spacial score (nSPS) is 11.0. The van der Waals surface area contributed by atoms with Crippen LogP contribution in [0.5, 0.6) is 5.75 Å². The maximum absolute atomic E-state index is 9.44. The molecule has 0 saturated heterocycles. The van der Waals surface area contributed by atoms with Crippen LogP contribution in [0, 0.1) is 0 Å². The third-order valence-corrected chi connectivity index (χ3v) is 3.17. The molecular formula is C13H10BrClN2O. The molecule has 2 rings (SSSR count). The molecule has 0 bridgehead atoms. The average molecular weight is 326 g/mol. The van der Waals surface area contributed by atoms with Crippen molar-refractivity contribution >= 4 is 45.1 Å². The van der Waals surface area contributed by atoms with Gasteiger partial charge in [0.1, 0.15) is 5.75 Å². The molecular weight excluding hydrogens is 316 g/mol. The summed E-state index contributed by atoms with van der Waals surface area (Å²) < 4.78 is 0.987. The van der Waals surface area contributed by atoms with Gasteiger partial charge in [-0.3, -0.25) is 4.99 Å². The van der Waals surface area contributed by atoms with E-state index in [0.717, 1.165) is 10.2 Å². The van der Waals surface area contributed by atoms with Crippen molar-refractivity contribution in [3.05, 3.63) is 51.5 Å². The van der Waals surface area contributed by atoms with E-state index in [0.29, 0.717) is 16.3 Å². The lowest BCUT2D eigenvalue weighted by atomic mass is 10.2. The minimum Gasteiger partial charge on any atom is -0.508 e. The van der Waals surface area contributed by atoms with E-state index in [1.165, 1.54) is 12.1 Å². The zero-order valence-corrected chi connectivity index (χ0v) is 11.6. The average Bonchev–Trinajstić information content (AvgIpc) is 2.34. The summed E-state index contributed by atoms with van der Waals surface area (Å²) in [6.07, 6.45) is 1.57. The molecule has 0 aliphatic rings. The van der Waals surface area contributed by atoms with E-state index < -0.39 is 0 Å². The lowest BCUT2D eigenvalue weighted by Crippen LogP contribution is -1.93. The van der Waals surface area contributed by atoms with Crippen LogP contribution in [0.3, 0.4) is 0 Å². The van der Waals surface area contributed by atoms with Crippen molar-refractivity contribution in [3.8, 4) is 5.75 Å². The molecule has 0 fully saturated rings. The van der Waals surface area contributed by atoms with Gasteiger partial charge in [0, 0.05) is 22.3 Å². The molecule has 0 aliphatic carbocycles. The number of phenols is 1. The highest BCUT2D eigenvalue weighted by Gasteiger charge is 2.04. The molecule has 2 aromatic carbocycles. The molecule has 0 aliphatic heterocycles. The monoisotopic (exact) mass is 324 g/mol. The Balaban J connectivity index is 2.31. The zero-order valence-electron chi connectivity index (χ0n) is 9.27. The Hall–Kier alpha value is -1.52. The van der Waals surface area contributed by atoms with Gasteiger partial charge < -0.3 is 10.8 Å². The van der Waals surface area contributed by atoms with Gasteiger partial charge in [-0.25, -0.2) is 0 Å². The van der Waals surface area contributed by atoms with Gasteiger partial charge in [-0.05, 0) is 30.3 Å². The smallest absolute Gasteiger partial charge is 0.117 e. The number of aromatic hydroxyl groups is 1. The molecule has 0 spiro atoms. The molecule has 3 N–H and O–H groups in total. The maximum atomic E-state index is 9.44. The number of nitrogen functional groups attached to an aromatic ring is 1. The molecule has 0 aromatic heterocycles. The second kappa shape index (κ2) is 5.42. The van der Waals surface area contributed by atoms with Crippen LogP contribution in [-0.2, 0) is 0 Å². The van der Waals surface area contributed by atoms with E-state index in [1.807, 2.05) is 24.3 Å². The highest BCUT2D eigenvalue weighted by molar-refractivity contribution is 9.10. The Morgan fingerprint density at radius 3 is 2.56 bits per heavy atom. The summed E-state index contributed by atoms with van der Waals surface area (Å²) >= 11 is 9.22. The van der Waals surface area contributed by atoms with Crippen molar-refractivity contribution in [1.29, 1.82) is 0 Å². The molecule has 0 unspecified atom stereocenters. The zero-order chi connectivity index (χ0) is 13.1. The number of rotatable bonds is 2. The van der Waals surface area contributed by atoms with Crippen molar-refractivity contribution in [3.63, 3.8) is 0 Å². The molecule has 0 radical (unpaired) electrons. The highest BCUT2D eigenvalue weighted by atomic mass is 79.9. The predicted octanol–water partition coefficient (Wildman–Crippen LogP) is 4.14.